The summed E-state index contributed by atoms with van der Waals surface area (Å²) in [5.74, 6) is -2.37. The smallest absolute Gasteiger partial charge is 0.433 e. The number of aliphatic hydroxyl groups is 1. The highest BCUT2D eigenvalue weighted by Gasteiger charge is 2.40. The zero-order chi connectivity index (χ0) is 25.4. The van der Waals surface area contributed by atoms with Gasteiger partial charge >= 0.3 is 12.1 Å². The minimum atomic E-state index is -4.64. The van der Waals surface area contributed by atoms with E-state index in [1.165, 1.54) is 29.7 Å². The van der Waals surface area contributed by atoms with Gasteiger partial charge in [0.25, 0.3) is 0 Å². The number of hydrogen-bond acceptors (Lipinski definition) is 7. The van der Waals surface area contributed by atoms with Gasteiger partial charge < -0.3 is 15.5 Å². The molecule has 2 heterocycles. The average molecular weight is 511 g/mol. The molecule has 4 rings (SSSR count). The summed E-state index contributed by atoms with van der Waals surface area (Å²) in [6.07, 6.45) is -0.143. The third-order valence-electron chi connectivity index (χ3n) is 6.19. The molecule has 12 heteroatoms. The van der Waals surface area contributed by atoms with Crippen LogP contribution in [0.5, 0.6) is 0 Å². The molecule has 0 amide bonds. The van der Waals surface area contributed by atoms with Crippen LogP contribution in [-0.2, 0) is 16.6 Å². The molecule has 35 heavy (non-hydrogen) atoms. The van der Waals surface area contributed by atoms with Crippen molar-refractivity contribution in [2.24, 2.45) is 11.8 Å². The number of rotatable bonds is 6. The van der Waals surface area contributed by atoms with Gasteiger partial charge in [0.2, 0.25) is 5.95 Å². The van der Waals surface area contributed by atoms with Crippen LogP contribution in [0.1, 0.15) is 43.3 Å². The van der Waals surface area contributed by atoms with E-state index in [0.717, 1.165) is 18.3 Å². The summed E-state index contributed by atoms with van der Waals surface area (Å²) >= 11 is 1.17. The number of halogens is 4. The van der Waals surface area contributed by atoms with Crippen LogP contribution >= 0.6 is 11.3 Å². The topological polar surface area (TPSA) is 108 Å². The highest BCUT2D eigenvalue weighted by Crippen LogP contribution is 2.43. The van der Waals surface area contributed by atoms with E-state index in [1.807, 2.05) is 0 Å². The van der Waals surface area contributed by atoms with Gasteiger partial charge in [-0.2, -0.15) is 13.2 Å². The van der Waals surface area contributed by atoms with Crippen LogP contribution in [-0.4, -0.2) is 31.1 Å². The van der Waals surface area contributed by atoms with E-state index in [2.05, 4.69) is 20.3 Å². The Kier molecular flexibility index (Phi) is 6.78. The zero-order valence-corrected chi connectivity index (χ0v) is 19.3. The van der Waals surface area contributed by atoms with Gasteiger partial charge in [0.05, 0.1) is 10.8 Å². The van der Waals surface area contributed by atoms with Gasteiger partial charge in [-0.05, 0) is 68.4 Å². The molecule has 3 aromatic rings. The molecule has 0 bridgehead atoms. The van der Waals surface area contributed by atoms with E-state index in [9.17, 15) is 32.6 Å². The van der Waals surface area contributed by atoms with Crippen molar-refractivity contribution in [1.82, 2.24) is 15.0 Å². The molecule has 0 radical (unpaired) electrons. The SMILES string of the molecule is C[C@@](O)(c1ncc(-c2cc(F)cc(Nc3nccc(C(F)(F)F)n3)c2)s1)[C@H]1CC[C@H](C(=O)O)CC1. The van der Waals surface area contributed by atoms with Crippen molar-refractivity contribution in [2.45, 2.75) is 44.4 Å². The maximum Gasteiger partial charge on any atom is 0.433 e. The van der Waals surface area contributed by atoms with Gasteiger partial charge in [0, 0.05) is 18.1 Å². The Morgan fingerprint density at radius 3 is 2.51 bits per heavy atom. The van der Waals surface area contributed by atoms with Gasteiger partial charge in [-0.3, -0.25) is 4.79 Å². The number of hydrogen-bond donors (Lipinski definition) is 3. The first-order chi connectivity index (χ1) is 16.4. The second kappa shape index (κ2) is 9.50. The highest BCUT2D eigenvalue weighted by molar-refractivity contribution is 7.15. The third-order valence-corrected chi connectivity index (χ3v) is 7.47. The molecule has 1 atom stereocenters. The number of alkyl halides is 3. The number of aliphatic carboxylic acids is 1. The Balaban J connectivity index is 1.54. The number of nitrogens with one attached hydrogen (secondary N) is 1. The van der Waals surface area contributed by atoms with E-state index in [1.54, 1.807) is 6.92 Å². The van der Waals surface area contributed by atoms with E-state index >= 15 is 0 Å². The fourth-order valence-electron chi connectivity index (χ4n) is 4.23. The Hall–Kier alpha value is -3.12. The van der Waals surface area contributed by atoms with Gasteiger partial charge in [-0.25, -0.2) is 19.3 Å². The van der Waals surface area contributed by atoms with Crippen molar-refractivity contribution in [3.8, 4) is 10.4 Å². The number of carboxylic acids is 1. The molecule has 186 valence electrons. The fraction of sp³-hybridized carbons (Fsp3) is 0.391. The second-order valence-electron chi connectivity index (χ2n) is 8.68. The molecule has 1 fully saturated rings. The second-order valence-corrected chi connectivity index (χ2v) is 9.71. The number of nitrogens with zero attached hydrogens (tertiary/aromatic N) is 3. The van der Waals surface area contributed by atoms with E-state index in [4.69, 9.17) is 0 Å². The van der Waals surface area contributed by atoms with Crippen LogP contribution in [0, 0.1) is 17.7 Å². The summed E-state index contributed by atoms with van der Waals surface area (Å²) < 4.78 is 53.1. The van der Waals surface area contributed by atoms with Gasteiger partial charge in [-0.1, -0.05) is 0 Å². The van der Waals surface area contributed by atoms with Crippen LogP contribution in [0.15, 0.2) is 36.7 Å². The number of carbonyl (C=O) groups is 1. The molecule has 0 unspecified atom stereocenters. The fourth-order valence-corrected chi connectivity index (χ4v) is 5.26. The van der Waals surface area contributed by atoms with Crippen molar-refractivity contribution in [3.05, 3.63) is 53.2 Å². The molecule has 0 aliphatic heterocycles. The highest BCUT2D eigenvalue weighted by atomic mass is 32.1. The van der Waals surface area contributed by atoms with Crippen molar-refractivity contribution >= 4 is 28.9 Å². The molecular weight excluding hydrogens is 488 g/mol. The van der Waals surface area contributed by atoms with Crippen LogP contribution in [0.3, 0.4) is 0 Å². The number of anilines is 2. The van der Waals surface area contributed by atoms with Crippen LogP contribution in [0.4, 0.5) is 29.2 Å². The average Bonchev–Trinajstić information content (AvgIpc) is 3.30. The summed E-state index contributed by atoms with van der Waals surface area (Å²) in [6, 6.07) is 4.62. The Morgan fingerprint density at radius 1 is 1.14 bits per heavy atom. The molecule has 1 saturated carbocycles. The normalized spacial score (nSPS) is 20.3. The lowest BCUT2D eigenvalue weighted by atomic mass is 9.74. The lowest BCUT2D eigenvalue weighted by Gasteiger charge is -2.35. The molecule has 0 saturated heterocycles. The first-order valence-electron chi connectivity index (χ1n) is 10.8. The van der Waals surface area contributed by atoms with E-state index in [0.29, 0.717) is 41.1 Å². The summed E-state index contributed by atoms with van der Waals surface area (Å²) in [5, 5.41) is 23.4. The third kappa shape index (κ3) is 5.59. The predicted octanol–water partition coefficient (Wildman–Crippen LogP) is 5.60. The molecule has 1 aromatic carbocycles. The van der Waals surface area contributed by atoms with Crippen molar-refractivity contribution in [1.29, 1.82) is 0 Å². The van der Waals surface area contributed by atoms with Gasteiger partial charge in [-0.15, -0.1) is 11.3 Å². The molecule has 1 aliphatic rings. The summed E-state index contributed by atoms with van der Waals surface area (Å²) in [4.78, 5) is 23.3. The molecule has 3 N–H and O–H groups in total. The minimum Gasteiger partial charge on any atom is -0.481 e. The van der Waals surface area contributed by atoms with Gasteiger partial charge in [0.1, 0.15) is 22.1 Å². The molecule has 0 spiro atoms. The quantitative estimate of drug-likeness (QED) is 0.371. The van der Waals surface area contributed by atoms with E-state index in [-0.39, 0.29) is 17.6 Å². The number of aromatic nitrogens is 3. The Morgan fingerprint density at radius 2 is 1.86 bits per heavy atom. The van der Waals surface area contributed by atoms with Crippen LogP contribution < -0.4 is 5.32 Å². The Bertz CT molecular complexity index is 1220. The van der Waals surface area contributed by atoms with Crippen molar-refractivity contribution < 1.29 is 32.6 Å². The Labute approximate surface area is 201 Å². The molecular formula is C23H22F4N4O3S. The van der Waals surface area contributed by atoms with E-state index < -0.39 is 35.2 Å². The van der Waals surface area contributed by atoms with Crippen molar-refractivity contribution in [2.75, 3.05) is 5.32 Å². The maximum atomic E-state index is 14.3. The maximum absolute atomic E-state index is 14.3. The minimum absolute atomic E-state index is 0.146. The lowest BCUT2D eigenvalue weighted by molar-refractivity contribution is -0.144. The summed E-state index contributed by atoms with van der Waals surface area (Å²) in [7, 11) is 0. The number of carboxylic acid groups (broad SMARTS) is 1. The van der Waals surface area contributed by atoms with Gasteiger partial charge in [0.15, 0.2) is 0 Å². The largest absolute Gasteiger partial charge is 0.481 e. The van der Waals surface area contributed by atoms with Crippen LogP contribution in [0.2, 0.25) is 0 Å². The van der Waals surface area contributed by atoms with Crippen molar-refractivity contribution in [3.63, 3.8) is 0 Å². The molecule has 7 nitrogen and oxygen atoms in total. The summed E-state index contributed by atoms with van der Waals surface area (Å²) in [5.41, 5.74) is -1.85. The lowest BCUT2D eigenvalue weighted by Crippen LogP contribution is -2.35. The summed E-state index contributed by atoms with van der Waals surface area (Å²) in [6.45, 7) is 1.64. The number of thiazole rings is 1. The standard InChI is InChI=1S/C23H22F4N4O3S/c1-22(34,14-4-2-12(3-5-14)19(32)33)20-29-11-17(35-20)13-8-15(24)10-16(9-13)30-21-28-7-6-18(31-21)23(25,26)27/h6-12,14,34H,2-5H2,1H3,(H,32,33)(H,28,30,31)/t12-,14-,22-/m0/s1. The first kappa shape index (κ1) is 25.0. The molecule has 1 aliphatic carbocycles. The first-order valence-corrected chi connectivity index (χ1v) is 11.6. The predicted molar refractivity (Wildman–Crippen MR) is 120 cm³/mol. The zero-order valence-electron chi connectivity index (χ0n) is 18.5. The monoisotopic (exact) mass is 510 g/mol. The molecule has 2 aromatic heterocycles. The number of benzene rings is 1. The van der Waals surface area contributed by atoms with Crippen LogP contribution in [0.25, 0.3) is 10.4 Å².